The smallest absolute Gasteiger partial charge is 0.207 e. The minimum absolute atomic E-state index is 0.221. The van der Waals surface area contributed by atoms with Crippen molar-refractivity contribution < 1.29 is 20.1 Å². The maximum absolute atomic E-state index is 10.6. The molecule has 0 radical (unpaired) electrons. The number of aliphatic hydroxyl groups is 3. The Balaban J connectivity index is 2.05. The molecule has 0 spiro atoms. The molecule has 1 aliphatic rings. The van der Waals surface area contributed by atoms with E-state index in [0.29, 0.717) is 29.5 Å². The van der Waals surface area contributed by atoms with E-state index in [9.17, 15) is 15.3 Å². The van der Waals surface area contributed by atoms with E-state index in [4.69, 9.17) is 10.5 Å². The van der Waals surface area contributed by atoms with Gasteiger partial charge in [0.25, 0.3) is 0 Å². The Bertz CT molecular complexity index is 871. The fourth-order valence-corrected chi connectivity index (χ4v) is 3.43. The summed E-state index contributed by atoms with van der Waals surface area (Å²) in [6, 6.07) is 0. The zero-order chi connectivity index (χ0) is 21.7. The van der Waals surface area contributed by atoms with E-state index in [2.05, 4.69) is 34.1 Å². The Morgan fingerprint density at radius 1 is 1.13 bits per heavy atom. The Hall–Kier alpha value is -2.27. The SMILES string of the molecule is CCCC/C=C/c1nc(N)c2nc(NCCCC)n([C@@H]3O[C@H](CO)C(O)C3O)c2n1. The molecule has 2 aromatic heterocycles. The van der Waals surface area contributed by atoms with E-state index in [1.54, 1.807) is 4.57 Å². The van der Waals surface area contributed by atoms with Gasteiger partial charge in [0, 0.05) is 6.54 Å². The minimum atomic E-state index is -1.26. The average molecular weight is 421 g/mol. The molecule has 30 heavy (non-hydrogen) atoms. The number of ether oxygens (including phenoxy) is 1. The van der Waals surface area contributed by atoms with Crippen LogP contribution in [0.2, 0.25) is 0 Å². The van der Waals surface area contributed by atoms with Crippen molar-refractivity contribution in [3.05, 3.63) is 11.9 Å². The van der Waals surface area contributed by atoms with E-state index in [1.165, 1.54) is 0 Å². The highest BCUT2D eigenvalue weighted by Crippen LogP contribution is 2.35. The number of hydrogen-bond donors (Lipinski definition) is 5. The second-order valence-corrected chi connectivity index (χ2v) is 7.50. The van der Waals surface area contributed by atoms with Gasteiger partial charge < -0.3 is 31.1 Å². The molecule has 10 heteroatoms. The first kappa shape index (κ1) is 22.4. The lowest BCUT2D eigenvalue weighted by Gasteiger charge is -2.19. The number of allylic oxidation sites excluding steroid dienone is 1. The van der Waals surface area contributed by atoms with E-state index < -0.39 is 31.1 Å². The molecule has 0 amide bonds. The topological polar surface area (TPSA) is 152 Å². The molecule has 2 aromatic rings. The monoisotopic (exact) mass is 420 g/mol. The van der Waals surface area contributed by atoms with Gasteiger partial charge in [-0.15, -0.1) is 0 Å². The third-order valence-corrected chi connectivity index (χ3v) is 5.16. The van der Waals surface area contributed by atoms with Crippen LogP contribution < -0.4 is 11.1 Å². The first-order valence-corrected chi connectivity index (χ1v) is 10.6. The number of fused-ring (bicyclic) bond motifs is 1. The number of unbranched alkanes of at least 4 members (excludes halogenated alkanes) is 3. The van der Waals surface area contributed by atoms with Gasteiger partial charge in [-0.05, 0) is 18.9 Å². The second kappa shape index (κ2) is 10.2. The Morgan fingerprint density at radius 3 is 2.57 bits per heavy atom. The molecule has 1 aliphatic heterocycles. The van der Waals surface area contributed by atoms with Gasteiger partial charge in [-0.2, -0.15) is 0 Å². The van der Waals surface area contributed by atoms with Crippen LogP contribution in [0.3, 0.4) is 0 Å². The van der Waals surface area contributed by atoms with Gasteiger partial charge in [-0.1, -0.05) is 39.2 Å². The van der Waals surface area contributed by atoms with Crippen molar-refractivity contribution in [3.63, 3.8) is 0 Å². The lowest BCUT2D eigenvalue weighted by atomic mass is 10.1. The number of nitrogens with one attached hydrogen (secondary N) is 1. The molecule has 1 saturated heterocycles. The molecule has 0 aromatic carbocycles. The quantitative estimate of drug-likeness (QED) is 0.359. The molecule has 2 unspecified atom stereocenters. The fourth-order valence-electron chi connectivity index (χ4n) is 3.43. The maximum Gasteiger partial charge on any atom is 0.207 e. The normalized spacial score (nSPS) is 24.3. The number of nitrogens with two attached hydrogens (primary N) is 1. The van der Waals surface area contributed by atoms with Crippen LogP contribution in [-0.2, 0) is 4.74 Å². The number of aliphatic hydroxyl groups excluding tert-OH is 3. The van der Waals surface area contributed by atoms with Crippen LogP contribution in [0.15, 0.2) is 6.08 Å². The van der Waals surface area contributed by atoms with Crippen molar-refractivity contribution in [2.45, 2.75) is 70.5 Å². The number of nitrogen functional groups attached to an aromatic ring is 1. The highest BCUT2D eigenvalue weighted by molar-refractivity contribution is 5.85. The molecule has 0 bridgehead atoms. The van der Waals surface area contributed by atoms with Gasteiger partial charge in [0.15, 0.2) is 29.0 Å². The number of nitrogens with zero attached hydrogens (tertiary/aromatic N) is 4. The van der Waals surface area contributed by atoms with Crippen LogP contribution in [0.1, 0.15) is 58.0 Å². The standard InChI is InChI=1S/C20H32N6O4/c1-3-5-7-8-9-13-23-17(21)14-18(24-13)26(20(25-14)22-10-6-4-2)19-16(29)15(28)12(11-27)30-19/h8-9,12,15-16,19,27-29H,3-7,10-11H2,1-2H3,(H,22,25)(H2,21,23,24)/b9-8+/t12-,15?,16?,19-/m1/s1. The molecule has 3 heterocycles. The van der Waals surface area contributed by atoms with E-state index >= 15 is 0 Å². The lowest BCUT2D eigenvalue weighted by Crippen LogP contribution is -2.33. The van der Waals surface area contributed by atoms with Crippen molar-refractivity contribution in [1.82, 2.24) is 19.5 Å². The third kappa shape index (κ3) is 4.56. The van der Waals surface area contributed by atoms with E-state index in [1.807, 2.05) is 12.2 Å². The number of aromatic nitrogens is 4. The minimum Gasteiger partial charge on any atom is -0.394 e. The summed E-state index contributed by atoms with van der Waals surface area (Å²) < 4.78 is 7.33. The van der Waals surface area contributed by atoms with Crippen molar-refractivity contribution in [1.29, 1.82) is 0 Å². The molecular formula is C20H32N6O4. The molecule has 0 aliphatic carbocycles. The number of rotatable bonds is 10. The molecule has 1 fully saturated rings. The summed E-state index contributed by atoms with van der Waals surface area (Å²) in [6.45, 7) is 4.45. The fraction of sp³-hybridized carbons (Fsp3) is 0.650. The molecule has 6 N–H and O–H groups in total. The molecule has 4 atom stereocenters. The van der Waals surface area contributed by atoms with Crippen molar-refractivity contribution in [3.8, 4) is 0 Å². The molecule has 3 rings (SSSR count). The van der Waals surface area contributed by atoms with Gasteiger partial charge in [-0.3, -0.25) is 4.57 Å². The van der Waals surface area contributed by atoms with Crippen LogP contribution in [0, 0.1) is 0 Å². The highest BCUT2D eigenvalue weighted by atomic mass is 16.6. The largest absolute Gasteiger partial charge is 0.394 e. The summed E-state index contributed by atoms with van der Waals surface area (Å²) in [4.78, 5) is 13.4. The molecule has 0 saturated carbocycles. The highest BCUT2D eigenvalue weighted by Gasteiger charge is 2.45. The van der Waals surface area contributed by atoms with Crippen LogP contribution in [-0.4, -0.2) is 66.3 Å². The Labute approximate surface area is 175 Å². The number of imidazole rings is 1. The van der Waals surface area contributed by atoms with E-state index in [-0.39, 0.29) is 5.82 Å². The summed E-state index contributed by atoms with van der Waals surface area (Å²) in [6.07, 6.45) is 4.44. The van der Waals surface area contributed by atoms with Crippen molar-refractivity contribution >= 4 is 29.0 Å². The number of hydrogen-bond acceptors (Lipinski definition) is 9. The van der Waals surface area contributed by atoms with E-state index in [0.717, 1.165) is 32.1 Å². The van der Waals surface area contributed by atoms with Gasteiger partial charge in [0.05, 0.1) is 6.61 Å². The average Bonchev–Trinajstić information content (AvgIpc) is 3.23. The summed E-state index contributed by atoms with van der Waals surface area (Å²) in [5, 5.41) is 33.5. The van der Waals surface area contributed by atoms with Crippen LogP contribution in [0.4, 0.5) is 11.8 Å². The Morgan fingerprint density at radius 2 is 1.90 bits per heavy atom. The molecular weight excluding hydrogens is 388 g/mol. The summed E-state index contributed by atoms with van der Waals surface area (Å²) >= 11 is 0. The zero-order valence-electron chi connectivity index (χ0n) is 17.5. The Kier molecular flexibility index (Phi) is 7.59. The first-order chi connectivity index (χ1) is 14.5. The van der Waals surface area contributed by atoms with Crippen LogP contribution in [0.5, 0.6) is 0 Å². The van der Waals surface area contributed by atoms with Crippen LogP contribution in [0.25, 0.3) is 17.2 Å². The summed E-state index contributed by atoms with van der Waals surface area (Å²) in [7, 11) is 0. The van der Waals surface area contributed by atoms with Gasteiger partial charge in [0.2, 0.25) is 5.95 Å². The van der Waals surface area contributed by atoms with Crippen LogP contribution >= 0.6 is 0 Å². The molecule has 166 valence electrons. The zero-order valence-corrected chi connectivity index (χ0v) is 17.5. The van der Waals surface area contributed by atoms with Crippen molar-refractivity contribution in [2.75, 3.05) is 24.2 Å². The van der Waals surface area contributed by atoms with Gasteiger partial charge in [-0.25, -0.2) is 15.0 Å². The van der Waals surface area contributed by atoms with Crippen molar-refractivity contribution in [2.24, 2.45) is 0 Å². The van der Waals surface area contributed by atoms with Gasteiger partial charge in [0.1, 0.15) is 18.3 Å². The molecule has 10 nitrogen and oxygen atoms in total. The lowest BCUT2D eigenvalue weighted by molar-refractivity contribution is -0.0501. The maximum atomic E-state index is 10.6. The first-order valence-electron chi connectivity index (χ1n) is 10.6. The van der Waals surface area contributed by atoms with Gasteiger partial charge >= 0.3 is 0 Å². The second-order valence-electron chi connectivity index (χ2n) is 7.50. The predicted molar refractivity (Wildman–Crippen MR) is 115 cm³/mol. The summed E-state index contributed by atoms with van der Waals surface area (Å²) in [5.41, 5.74) is 6.94. The third-order valence-electron chi connectivity index (χ3n) is 5.16. The predicted octanol–water partition coefficient (Wildman–Crippen LogP) is 1.44. The summed E-state index contributed by atoms with van der Waals surface area (Å²) in [5.74, 6) is 1.07. The number of anilines is 2.